The summed E-state index contributed by atoms with van der Waals surface area (Å²) >= 11 is 0. The highest BCUT2D eigenvalue weighted by atomic mass is 16.3. The number of rotatable bonds is 10. The predicted molar refractivity (Wildman–Crippen MR) is 88.5 cm³/mol. The molecule has 2 N–H and O–H groups in total. The minimum atomic E-state index is 0.379. The number of hydrogen-bond acceptors (Lipinski definition) is 2. The van der Waals surface area contributed by atoms with E-state index in [1.54, 1.807) is 6.07 Å². The van der Waals surface area contributed by atoms with Gasteiger partial charge in [0.1, 0.15) is 5.75 Å². The van der Waals surface area contributed by atoms with Gasteiger partial charge in [0.2, 0.25) is 0 Å². The number of phenols is 1. The lowest BCUT2D eigenvalue weighted by Gasteiger charge is -2.20. The topological polar surface area (TPSA) is 32.3 Å². The smallest absolute Gasteiger partial charge is 0.118 e. The molecule has 1 rings (SSSR count). The summed E-state index contributed by atoms with van der Waals surface area (Å²) in [5, 5.41) is 13.3. The second kappa shape index (κ2) is 9.68. The van der Waals surface area contributed by atoms with Crippen molar-refractivity contribution >= 4 is 5.69 Å². The molecule has 0 aliphatic heterocycles. The Hall–Kier alpha value is -1.18. The number of phenolic OH excluding ortho intramolecular Hbond substituents is 1. The van der Waals surface area contributed by atoms with Gasteiger partial charge in [-0.1, -0.05) is 52.4 Å². The van der Waals surface area contributed by atoms with Crippen LogP contribution in [0.1, 0.15) is 70.8 Å². The van der Waals surface area contributed by atoms with Crippen LogP contribution in [0, 0.1) is 6.92 Å². The Morgan fingerprint density at radius 3 is 2.10 bits per heavy atom. The van der Waals surface area contributed by atoms with Crippen LogP contribution in [-0.4, -0.2) is 11.1 Å². The second-order valence-electron chi connectivity index (χ2n) is 5.83. The maximum atomic E-state index is 9.60. The third kappa shape index (κ3) is 6.31. The number of hydrogen-bond donors (Lipinski definition) is 2. The molecule has 2 heteroatoms. The summed E-state index contributed by atoms with van der Waals surface area (Å²) in [7, 11) is 0. The van der Waals surface area contributed by atoms with Gasteiger partial charge in [-0.2, -0.15) is 0 Å². The van der Waals surface area contributed by atoms with Crippen molar-refractivity contribution in [2.24, 2.45) is 0 Å². The minimum Gasteiger partial charge on any atom is -0.508 e. The number of aryl methyl sites for hydroxylation is 1. The molecule has 0 bridgehead atoms. The molecular weight excluding hydrogens is 246 g/mol. The Labute approximate surface area is 124 Å². The summed E-state index contributed by atoms with van der Waals surface area (Å²) < 4.78 is 0. The van der Waals surface area contributed by atoms with Crippen molar-refractivity contribution in [2.75, 3.05) is 5.32 Å². The molecule has 2 nitrogen and oxygen atoms in total. The summed E-state index contributed by atoms with van der Waals surface area (Å²) in [6, 6.07) is 6.38. The first-order valence-electron chi connectivity index (χ1n) is 8.23. The molecule has 0 aromatic heterocycles. The molecule has 114 valence electrons. The highest BCUT2D eigenvalue weighted by molar-refractivity contribution is 5.50. The first-order valence-corrected chi connectivity index (χ1v) is 8.23. The summed E-state index contributed by atoms with van der Waals surface area (Å²) in [5.41, 5.74) is 2.08. The summed E-state index contributed by atoms with van der Waals surface area (Å²) in [6.45, 7) is 6.45. The van der Waals surface area contributed by atoms with Gasteiger partial charge in [-0.25, -0.2) is 0 Å². The molecule has 0 saturated heterocycles. The minimum absolute atomic E-state index is 0.379. The van der Waals surface area contributed by atoms with Crippen LogP contribution in [0.4, 0.5) is 5.69 Å². The number of unbranched alkanes of at least 4 members (excludes halogenated alkanes) is 4. The molecule has 1 aromatic rings. The van der Waals surface area contributed by atoms with Crippen LogP contribution in [0.3, 0.4) is 0 Å². The van der Waals surface area contributed by atoms with E-state index in [9.17, 15) is 5.11 Å². The van der Waals surface area contributed by atoms with Crippen LogP contribution >= 0.6 is 0 Å². The van der Waals surface area contributed by atoms with Crippen molar-refractivity contribution in [1.29, 1.82) is 0 Å². The summed E-state index contributed by atoms with van der Waals surface area (Å²) in [4.78, 5) is 0. The first kappa shape index (κ1) is 16.9. The van der Waals surface area contributed by atoms with Gasteiger partial charge in [0.25, 0.3) is 0 Å². The monoisotopic (exact) mass is 277 g/mol. The van der Waals surface area contributed by atoms with Gasteiger partial charge in [-0.3, -0.25) is 0 Å². The van der Waals surface area contributed by atoms with Gasteiger partial charge in [-0.05, 0) is 43.5 Å². The number of aromatic hydroxyl groups is 1. The van der Waals surface area contributed by atoms with Crippen molar-refractivity contribution in [3.05, 3.63) is 23.8 Å². The number of anilines is 1. The van der Waals surface area contributed by atoms with Crippen LogP contribution in [0.5, 0.6) is 5.75 Å². The molecule has 20 heavy (non-hydrogen) atoms. The Morgan fingerprint density at radius 2 is 1.60 bits per heavy atom. The van der Waals surface area contributed by atoms with E-state index in [1.165, 1.54) is 51.4 Å². The Balaban J connectivity index is 2.54. The van der Waals surface area contributed by atoms with Gasteiger partial charge in [0.15, 0.2) is 0 Å². The lowest BCUT2D eigenvalue weighted by Crippen LogP contribution is -2.19. The van der Waals surface area contributed by atoms with Gasteiger partial charge in [-0.15, -0.1) is 0 Å². The fraction of sp³-hybridized carbons (Fsp3) is 0.667. The quantitative estimate of drug-likeness (QED) is 0.428. The molecule has 0 aliphatic carbocycles. The lowest BCUT2D eigenvalue weighted by molar-refractivity contribution is 0.471. The van der Waals surface area contributed by atoms with E-state index in [0.717, 1.165) is 11.3 Å². The predicted octanol–water partition coefficient (Wildman–Crippen LogP) is 5.64. The lowest BCUT2D eigenvalue weighted by atomic mass is 10.0. The van der Waals surface area contributed by atoms with E-state index in [-0.39, 0.29) is 0 Å². The highest BCUT2D eigenvalue weighted by Crippen LogP contribution is 2.23. The molecule has 1 aromatic carbocycles. The molecule has 0 aliphatic rings. The molecule has 0 saturated carbocycles. The van der Waals surface area contributed by atoms with Crippen molar-refractivity contribution in [3.8, 4) is 5.75 Å². The van der Waals surface area contributed by atoms with Gasteiger partial charge in [0.05, 0.1) is 0 Å². The zero-order chi connectivity index (χ0) is 14.8. The summed E-state index contributed by atoms with van der Waals surface area (Å²) in [5.74, 6) is 0.379. The molecule has 0 atom stereocenters. The largest absolute Gasteiger partial charge is 0.508 e. The Bertz CT molecular complexity index is 366. The van der Waals surface area contributed by atoms with E-state index in [2.05, 4.69) is 19.2 Å². The molecule has 0 fully saturated rings. The molecule has 0 unspecified atom stereocenters. The van der Waals surface area contributed by atoms with Gasteiger partial charge in [0, 0.05) is 11.7 Å². The Morgan fingerprint density at radius 1 is 1.00 bits per heavy atom. The van der Waals surface area contributed by atoms with E-state index in [4.69, 9.17) is 0 Å². The number of nitrogens with one attached hydrogen (secondary N) is 1. The highest BCUT2D eigenvalue weighted by Gasteiger charge is 2.09. The molecule has 0 amide bonds. The van der Waals surface area contributed by atoms with Crippen LogP contribution in [0.2, 0.25) is 0 Å². The average Bonchev–Trinajstić information content (AvgIpc) is 2.43. The third-order valence-electron chi connectivity index (χ3n) is 3.88. The molecule has 0 heterocycles. The van der Waals surface area contributed by atoms with Crippen LogP contribution < -0.4 is 5.32 Å². The van der Waals surface area contributed by atoms with Crippen LogP contribution in [0.25, 0.3) is 0 Å². The van der Waals surface area contributed by atoms with E-state index < -0.39 is 0 Å². The average molecular weight is 277 g/mol. The fourth-order valence-electron chi connectivity index (χ4n) is 2.55. The zero-order valence-corrected chi connectivity index (χ0v) is 13.4. The van der Waals surface area contributed by atoms with E-state index in [0.29, 0.717) is 11.8 Å². The summed E-state index contributed by atoms with van der Waals surface area (Å²) in [6.07, 6.45) is 10.3. The SMILES string of the molecule is CCCCCC(CCCCC)Nc1ccc(O)c(C)c1. The fourth-order valence-corrected chi connectivity index (χ4v) is 2.55. The maximum absolute atomic E-state index is 9.60. The normalized spacial score (nSPS) is 11.0. The molecule has 0 radical (unpaired) electrons. The third-order valence-corrected chi connectivity index (χ3v) is 3.88. The van der Waals surface area contributed by atoms with Gasteiger partial charge < -0.3 is 10.4 Å². The molecule has 0 spiro atoms. The first-order chi connectivity index (χ1) is 9.67. The van der Waals surface area contributed by atoms with Crippen molar-refractivity contribution in [2.45, 2.75) is 78.2 Å². The Kier molecular flexibility index (Phi) is 8.17. The van der Waals surface area contributed by atoms with Crippen molar-refractivity contribution in [1.82, 2.24) is 0 Å². The van der Waals surface area contributed by atoms with Crippen molar-refractivity contribution < 1.29 is 5.11 Å². The van der Waals surface area contributed by atoms with Crippen LogP contribution in [0.15, 0.2) is 18.2 Å². The van der Waals surface area contributed by atoms with Gasteiger partial charge >= 0.3 is 0 Å². The van der Waals surface area contributed by atoms with E-state index >= 15 is 0 Å². The maximum Gasteiger partial charge on any atom is 0.118 e. The number of benzene rings is 1. The second-order valence-corrected chi connectivity index (χ2v) is 5.83. The molecular formula is C18H31NO. The van der Waals surface area contributed by atoms with Crippen molar-refractivity contribution in [3.63, 3.8) is 0 Å². The standard InChI is InChI=1S/C18H31NO/c1-4-6-8-10-16(11-9-7-5-2)19-17-12-13-18(20)15(3)14-17/h12-14,16,19-20H,4-11H2,1-3H3. The van der Waals surface area contributed by atoms with E-state index in [1.807, 2.05) is 19.1 Å². The van der Waals surface area contributed by atoms with Crippen LogP contribution in [-0.2, 0) is 0 Å². The zero-order valence-electron chi connectivity index (χ0n) is 13.4.